The predicted octanol–water partition coefficient (Wildman–Crippen LogP) is 3.21. The maximum absolute atomic E-state index is 13.0. The number of hydrogen-bond acceptors (Lipinski definition) is 5. The van der Waals surface area contributed by atoms with E-state index in [0.29, 0.717) is 48.1 Å². The molecule has 0 aromatic heterocycles. The van der Waals surface area contributed by atoms with Gasteiger partial charge in [-0.15, -0.1) is 0 Å². The molecule has 0 unspecified atom stereocenters. The van der Waals surface area contributed by atoms with Crippen molar-refractivity contribution in [2.75, 3.05) is 39.3 Å². The molecule has 7 heteroatoms. The molecule has 1 aliphatic rings. The van der Waals surface area contributed by atoms with Gasteiger partial charge in [0.2, 0.25) is 0 Å². The number of carbonyl (C=O) groups is 2. The lowest BCUT2D eigenvalue weighted by Crippen LogP contribution is -2.55. The first-order chi connectivity index (χ1) is 13.9. The summed E-state index contributed by atoms with van der Waals surface area (Å²) >= 11 is 0. The molecular weight excluding hydrogens is 372 g/mol. The number of nitrogens with one attached hydrogen (secondary N) is 1. The first kappa shape index (κ1) is 20.7. The second-order valence-corrected chi connectivity index (χ2v) is 7.43. The first-order valence-electron chi connectivity index (χ1n) is 9.39. The quantitative estimate of drug-likeness (QED) is 0.837. The Morgan fingerprint density at radius 2 is 1.79 bits per heavy atom. The third kappa shape index (κ3) is 4.51. The van der Waals surface area contributed by atoms with Crippen molar-refractivity contribution in [1.82, 2.24) is 4.90 Å². The van der Waals surface area contributed by atoms with E-state index < -0.39 is 0 Å². The average molecular weight is 398 g/mol. The maximum atomic E-state index is 13.0. The van der Waals surface area contributed by atoms with Crippen molar-refractivity contribution >= 4 is 17.5 Å². The third-order valence-electron chi connectivity index (χ3n) is 4.90. The Morgan fingerprint density at radius 3 is 2.48 bits per heavy atom. The van der Waals surface area contributed by atoms with Crippen molar-refractivity contribution < 1.29 is 23.8 Å². The van der Waals surface area contributed by atoms with Gasteiger partial charge >= 0.3 is 0 Å². The van der Waals surface area contributed by atoms with Crippen LogP contribution in [0, 0.1) is 0 Å². The number of benzene rings is 2. The summed E-state index contributed by atoms with van der Waals surface area (Å²) in [6, 6.07) is 11.9. The third-order valence-corrected chi connectivity index (χ3v) is 4.90. The van der Waals surface area contributed by atoms with Crippen LogP contribution in [-0.2, 0) is 4.74 Å². The highest BCUT2D eigenvalue weighted by molar-refractivity contribution is 6.05. The van der Waals surface area contributed by atoms with Crippen LogP contribution in [0.15, 0.2) is 42.5 Å². The summed E-state index contributed by atoms with van der Waals surface area (Å²) in [7, 11) is 3.05. The minimum atomic E-state index is -0.381. The molecule has 29 heavy (non-hydrogen) atoms. The number of rotatable bonds is 5. The fraction of sp³-hybridized carbons (Fsp3) is 0.364. The molecule has 0 atom stereocenters. The van der Waals surface area contributed by atoms with Gasteiger partial charge in [0.25, 0.3) is 11.8 Å². The smallest absolute Gasteiger partial charge is 0.255 e. The number of ether oxygens (including phenoxy) is 3. The van der Waals surface area contributed by atoms with Gasteiger partial charge in [0, 0.05) is 23.4 Å². The SMILES string of the molecule is COc1ccc(C(=O)Nc2cccc(C(=O)N3CCOCC3(C)C)c2)cc1OC. The molecule has 1 N–H and O–H groups in total. The number of anilines is 1. The largest absolute Gasteiger partial charge is 0.493 e. The van der Waals surface area contributed by atoms with Gasteiger partial charge in [0.15, 0.2) is 11.5 Å². The van der Waals surface area contributed by atoms with E-state index in [1.54, 1.807) is 42.5 Å². The van der Waals surface area contributed by atoms with Gasteiger partial charge in [-0.25, -0.2) is 0 Å². The van der Waals surface area contributed by atoms with Crippen molar-refractivity contribution in [1.29, 1.82) is 0 Å². The Balaban J connectivity index is 1.78. The summed E-state index contributed by atoms with van der Waals surface area (Å²) in [6.45, 7) is 5.51. The highest BCUT2D eigenvalue weighted by Crippen LogP contribution is 2.28. The van der Waals surface area contributed by atoms with Crippen molar-refractivity contribution in [3.8, 4) is 11.5 Å². The lowest BCUT2D eigenvalue weighted by molar-refractivity contribution is -0.0370. The molecule has 7 nitrogen and oxygen atoms in total. The fourth-order valence-electron chi connectivity index (χ4n) is 3.30. The van der Waals surface area contributed by atoms with E-state index in [1.165, 1.54) is 14.2 Å². The molecule has 2 amide bonds. The summed E-state index contributed by atoms with van der Waals surface area (Å²) < 4.78 is 15.9. The summed E-state index contributed by atoms with van der Waals surface area (Å²) in [6.07, 6.45) is 0. The normalized spacial score (nSPS) is 15.5. The highest BCUT2D eigenvalue weighted by atomic mass is 16.5. The molecule has 3 rings (SSSR count). The Morgan fingerprint density at radius 1 is 1.03 bits per heavy atom. The van der Waals surface area contributed by atoms with E-state index in [0.717, 1.165) is 0 Å². The molecular formula is C22H26N2O5. The zero-order valence-electron chi connectivity index (χ0n) is 17.2. The van der Waals surface area contributed by atoms with Gasteiger partial charge in [-0.3, -0.25) is 9.59 Å². The van der Waals surface area contributed by atoms with E-state index in [4.69, 9.17) is 14.2 Å². The molecule has 154 valence electrons. The van der Waals surface area contributed by atoms with Gasteiger partial charge in [-0.1, -0.05) is 6.07 Å². The zero-order valence-corrected chi connectivity index (χ0v) is 17.2. The van der Waals surface area contributed by atoms with Gasteiger partial charge in [-0.2, -0.15) is 0 Å². The van der Waals surface area contributed by atoms with Crippen LogP contribution in [0.25, 0.3) is 0 Å². The predicted molar refractivity (Wildman–Crippen MR) is 110 cm³/mol. The summed E-state index contributed by atoms with van der Waals surface area (Å²) in [5.74, 6) is 0.631. The number of carbonyl (C=O) groups excluding carboxylic acids is 2. The highest BCUT2D eigenvalue weighted by Gasteiger charge is 2.34. The van der Waals surface area contributed by atoms with Gasteiger partial charge in [-0.05, 0) is 50.2 Å². The molecule has 1 aliphatic heterocycles. The molecule has 0 saturated carbocycles. The Hall–Kier alpha value is -3.06. The van der Waals surface area contributed by atoms with Crippen LogP contribution in [0.4, 0.5) is 5.69 Å². The summed E-state index contributed by atoms with van der Waals surface area (Å²) in [4.78, 5) is 27.5. The van der Waals surface area contributed by atoms with E-state index in [1.807, 2.05) is 18.7 Å². The topological polar surface area (TPSA) is 77.1 Å². The zero-order chi connectivity index (χ0) is 21.0. The molecule has 0 radical (unpaired) electrons. The van der Waals surface area contributed by atoms with E-state index in [-0.39, 0.29) is 17.4 Å². The molecule has 0 aliphatic carbocycles. The fourth-order valence-corrected chi connectivity index (χ4v) is 3.30. The van der Waals surface area contributed by atoms with Crippen molar-refractivity contribution in [3.05, 3.63) is 53.6 Å². The van der Waals surface area contributed by atoms with E-state index in [9.17, 15) is 9.59 Å². The summed E-state index contributed by atoms with van der Waals surface area (Å²) in [5.41, 5.74) is 1.11. The number of methoxy groups -OCH3 is 2. The van der Waals surface area contributed by atoms with Crippen LogP contribution >= 0.6 is 0 Å². The van der Waals surface area contributed by atoms with Gasteiger partial charge < -0.3 is 24.4 Å². The van der Waals surface area contributed by atoms with Crippen LogP contribution in [0.3, 0.4) is 0 Å². The second-order valence-electron chi connectivity index (χ2n) is 7.43. The van der Waals surface area contributed by atoms with E-state index >= 15 is 0 Å². The molecule has 2 aromatic carbocycles. The average Bonchev–Trinajstić information content (AvgIpc) is 2.72. The van der Waals surface area contributed by atoms with Crippen molar-refractivity contribution in [3.63, 3.8) is 0 Å². The summed E-state index contributed by atoms with van der Waals surface area (Å²) in [5, 5.41) is 2.84. The maximum Gasteiger partial charge on any atom is 0.255 e. The molecule has 2 aromatic rings. The number of morpholine rings is 1. The lowest BCUT2D eigenvalue weighted by atomic mass is 10.0. The Labute approximate surface area is 170 Å². The van der Waals surface area contributed by atoms with Crippen LogP contribution < -0.4 is 14.8 Å². The minimum Gasteiger partial charge on any atom is -0.493 e. The number of nitrogens with zero attached hydrogens (tertiary/aromatic N) is 1. The molecule has 1 heterocycles. The second kappa shape index (κ2) is 8.53. The molecule has 1 saturated heterocycles. The van der Waals surface area contributed by atoms with Gasteiger partial charge in [0.1, 0.15) is 0 Å². The monoisotopic (exact) mass is 398 g/mol. The molecule has 0 spiro atoms. The van der Waals surface area contributed by atoms with E-state index in [2.05, 4.69) is 5.32 Å². The van der Waals surface area contributed by atoms with Crippen LogP contribution in [0.2, 0.25) is 0 Å². The number of hydrogen-bond donors (Lipinski definition) is 1. The minimum absolute atomic E-state index is 0.0829. The Bertz CT molecular complexity index is 910. The standard InChI is InChI=1S/C22H26N2O5/c1-22(2)14-29-11-10-24(22)21(26)16-6-5-7-17(12-16)23-20(25)15-8-9-18(27-3)19(13-15)28-4/h5-9,12-13H,10-11,14H2,1-4H3,(H,23,25). The van der Waals surface area contributed by atoms with Crippen LogP contribution in [0.1, 0.15) is 34.6 Å². The van der Waals surface area contributed by atoms with Gasteiger partial charge in [0.05, 0.1) is 33.0 Å². The van der Waals surface area contributed by atoms with Crippen molar-refractivity contribution in [2.24, 2.45) is 0 Å². The number of amides is 2. The van der Waals surface area contributed by atoms with Crippen LogP contribution in [0.5, 0.6) is 11.5 Å². The first-order valence-corrected chi connectivity index (χ1v) is 9.39. The Kier molecular flexibility index (Phi) is 6.08. The molecule has 0 bridgehead atoms. The lowest BCUT2D eigenvalue weighted by Gasteiger charge is -2.42. The van der Waals surface area contributed by atoms with Crippen molar-refractivity contribution in [2.45, 2.75) is 19.4 Å². The molecule has 1 fully saturated rings. The van der Waals surface area contributed by atoms with Crippen LogP contribution in [-0.4, -0.2) is 56.2 Å².